The number of carbonyl (C=O) groups is 1. The Balaban J connectivity index is 1.90. The Morgan fingerprint density at radius 2 is 2.27 bits per heavy atom. The maximum absolute atomic E-state index is 12.4. The second-order valence-corrected chi connectivity index (χ2v) is 6.95. The summed E-state index contributed by atoms with van der Waals surface area (Å²) >= 11 is 1.92. The molecule has 2 rings (SSSR count). The van der Waals surface area contributed by atoms with E-state index in [1.165, 1.54) is 0 Å². The summed E-state index contributed by atoms with van der Waals surface area (Å²) in [6, 6.07) is 8.47. The third kappa shape index (κ3) is 4.65. The lowest BCUT2D eigenvalue weighted by molar-refractivity contribution is -0.132. The molecule has 22 heavy (non-hydrogen) atoms. The van der Waals surface area contributed by atoms with Crippen molar-refractivity contribution in [3.63, 3.8) is 0 Å². The van der Waals surface area contributed by atoms with Crippen LogP contribution in [0.1, 0.15) is 18.9 Å². The highest BCUT2D eigenvalue weighted by Gasteiger charge is 2.22. The van der Waals surface area contributed by atoms with Gasteiger partial charge >= 0.3 is 0 Å². The number of nitrogens with zero attached hydrogens (tertiary/aromatic N) is 1. The van der Waals surface area contributed by atoms with E-state index >= 15 is 0 Å². The number of rotatable bonds is 6. The van der Waals surface area contributed by atoms with Crippen LogP contribution >= 0.6 is 11.8 Å². The van der Waals surface area contributed by atoms with Crippen molar-refractivity contribution in [2.24, 2.45) is 0 Å². The van der Waals surface area contributed by atoms with Crippen molar-refractivity contribution in [1.82, 2.24) is 10.2 Å². The Kier molecular flexibility index (Phi) is 6.58. The van der Waals surface area contributed by atoms with Crippen LogP contribution in [0.4, 0.5) is 0 Å². The fourth-order valence-corrected chi connectivity index (χ4v) is 3.63. The molecule has 0 saturated carbocycles. The van der Waals surface area contributed by atoms with E-state index in [1.54, 1.807) is 7.11 Å². The quantitative estimate of drug-likeness (QED) is 0.872. The smallest absolute Gasteiger partial charge is 0.224 e. The number of hydrogen-bond donors (Lipinski definition) is 1. The van der Waals surface area contributed by atoms with Gasteiger partial charge in [0.2, 0.25) is 5.91 Å². The first-order valence-corrected chi connectivity index (χ1v) is 8.96. The van der Waals surface area contributed by atoms with E-state index in [1.807, 2.05) is 41.9 Å². The van der Waals surface area contributed by atoms with Crippen LogP contribution in [-0.2, 0) is 11.2 Å². The topological polar surface area (TPSA) is 41.6 Å². The van der Waals surface area contributed by atoms with Crippen LogP contribution in [0.25, 0.3) is 0 Å². The molecule has 0 bridgehead atoms. The normalized spacial score (nSPS) is 19.5. The van der Waals surface area contributed by atoms with Crippen molar-refractivity contribution in [2.45, 2.75) is 31.8 Å². The summed E-state index contributed by atoms with van der Waals surface area (Å²) in [6.07, 6.45) is 1.39. The molecule has 1 aromatic rings. The number of hydrogen-bond acceptors (Lipinski definition) is 4. The molecule has 0 spiro atoms. The molecule has 1 aliphatic heterocycles. The summed E-state index contributed by atoms with van der Waals surface area (Å²) in [6.45, 7) is 3.09. The first kappa shape index (κ1) is 17.2. The molecule has 1 aromatic carbocycles. The number of ether oxygens (including phenoxy) is 1. The van der Waals surface area contributed by atoms with Crippen LogP contribution in [0.5, 0.6) is 5.75 Å². The number of nitrogens with one attached hydrogen (secondary N) is 1. The van der Waals surface area contributed by atoms with Crippen molar-refractivity contribution in [2.75, 3.05) is 32.2 Å². The summed E-state index contributed by atoms with van der Waals surface area (Å²) in [4.78, 5) is 14.3. The monoisotopic (exact) mass is 322 g/mol. The van der Waals surface area contributed by atoms with Crippen LogP contribution in [-0.4, -0.2) is 55.1 Å². The SMILES string of the molecule is COc1ccccc1CC(C)N(C)C(=O)CC1CSCCN1. The molecule has 4 nitrogen and oxygen atoms in total. The standard InChI is InChI=1S/C17H26N2O2S/c1-13(10-14-6-4-5-7-16(14)21-3)19(2)17(20)11-15-12-22-9-8-18-15/h4-7,13,15,18H,8-12H2,1-3H3. The molecule has 1 amide bonds. The third-order valence-corrected chi connectivity index (χ3v) is 5.31. The van der Waals surface area contributed by atoms with Crippen LogP contribution in [0.3, 0.4) is 0 Å². The van der Waals surface area contributed by atoms with Crippen molar-refractivity contribution >= 4 is 17.7 Å². The molecule has 0 aromatic heterocycles. The fraction of sp³-hybridized carbons (Fsp3) is 0.588. The van der Waals surface area contributed by atoms with E-state index in [2.05, 4.69) is 18.3 Å². The fourth-order valence-electron chi connectivity index (χ4n) is 2.68. The van der Waals surface area contributed by atoms with Gasteiger partial charge in [-0.2, -0.15) is 11.8 Å². The van der Waals surface area contributed by atoms with Gasteiger partial charge in [-0.25, -0.2) is 0 Å². The summed E-state index contributed by atoms with van der Waals surface area (Å²) in [5.41, 5.74) is 1.14. The Bertz CT molecular complexity index is 489. The largest absolute Gasteiger partial charge is 0.496 e. The lowest BCUT2D eigenvalue weighted by Crippen LogP contribution is -2.44. The molecule has 1 aliphatic rings. The van der Waals surface area contributed by atoms with Crippen molar-refractivity contribution in [3.05, 3.63) is 29.8 Å². The van der Waals surface area contributed by atoms with E-state index in [0.717, 1.165) is 35.8 Å². The highest BCUT2D eigenvalue weighted by atomic mass is 32.2. The number of methoxy groups -OCH3 is 1. The van der Waals surface area contributed by atoms with E-state index in [4.69, 9.17) is 4.74 Å². The summed E-state index contributed by atoms with van der Waals surface area (Å²) < 4.78 is 5.39. The van der Waals surface area contributed by atoms with Gasteiger partial charge in [0.25, 0.3) is 0 Å². The first-order valence-electron chi connectivity index (χ1n) is 7.80. The van der Waals surface area contributed by atoms with Gasteiger partial charge in [-0.1, -0.05) is 18.2 Å². The lowest BCUT2D eigenvalue weighted by atomic mass is 10.0. The second-order valence-electron chi connectivity index (χ2n) is 5.80. The Morgan fingerprint density at radius 3 is 2.95 bits per heavy atom. The Labute approximate surface area is 137 Å². The number of para-hydroxylation sites is 1. The Hall–Kier alpha value is -1.20. The average molecular weight is 322 g/mol. The highest BCUT2D eigenvalue weighted by Crippen LogP contribution is 2.20. The zero-order valence-electron chi connectivity index (χ0n) is 13.7. The van der Waals surface area contributed by atoms with Crippen LogP contribution in [0, 0.1) is 0 Å². The number of amides is 1. The van der Waals surface area contributed by atoms with E-state index < -0.39 is 0 Å². The minimum absolute atomic E-state index is 0.153. The molecule has 1 heterocycles. The number of carbonyl (C=O) groups excluding carboxylic acids is 1. The Morgan fingerprint density at radius 1 is 1.50 bits per heavy atom. The summed E-state index contributed by atoms with van der Waals surface area (Å²) in [5.74, 6) is 3.27. The molecule has 2 atom stereocenters. The third-order valence-electron chi connectivity index (χ3n) is 4.18. The van der Waals surface area contributed by atoms with Crippen molar-refractivity contribution in [1.29, 1.82) is 0 Å². The van der Waals surface area contributed by atoms with E-state index in [9.17, 15) is 4.79 Å². The van der Waals surface area contributed by atoms with E-state index in [0.29, 0.717) is 12.5 Å². The van der Waals surface area contributed by atoms with Gasteiger partial charge < -0.3 is 15.0 Å². The van der Waals surface area contributed by atoms with E-state index in [-0.39, 0.29) is 11.9 Å². The molecule has 2 unspecified atom stereocenters. The van der Waals surface area contributed by atoms with Crippen molar-refractivity contribution < 1.29 is 9.53 Å². The van der Waals surface area contributed by atoms with Crippen LogP contribution in [0.2, 0.25) is 0 Å². The van der Waals surface area contributed by atoms with Gasteiger partial charge in [0, 0.05) is 43.6 Å². The second kappa shape index (κ2) is 8.44. The zero-order chi connectivity index (χ0) is 15.9. The average Bonchev–Trinajstić information content (AvgIpc) is 2.55. The molecule has 1 fully saturated rings. The first-order chi connectivity index (χ1) is 10.6. The summed E-state index contributed by atoms with van der Waals surface area (Å²) in [7, 11) is 3.59. The van der Waals surface area contributed by atoms with Gasteiger partial charge in [0.15, 0.2) is 0 Å². The number of benzene rings is 1. The predicted molar refractivity (Wildman–Crippen MR) is 92.7 cm³/mol. The molecule has 0 aliphatic carbocycles. The molecule has 0 radical (unpaired) electrons. The zero-order valence-corrected chi connectivity index (χ0v) is 14.5. The molecule has 1 N–H and O–H groups in total. The summed E-state index contributed by atoms with van der Waals surface area (Å²) in [5, 5.41) is 3.42. The number of likely N-dealkylation sites (N-methyl/N-ethyl adjacent to an activating group) is 1. The van der Waals surface area contributed by atoms with Crippen LogP contribution < -0.4 is 10.1 Å². The minimum Gasteiger partial charge on any atom is -0.496 e. The maximum Gasteiger partial charge on any atom is 0.224 e. The predicted octanol–water partition coefficient (Wildman–Crippen LogP) is 2.18. The lowest BCUT2D eigenvalue weighted by Gasteiger charge is -2.29. The number of thioether (sulfide) groups is 1. The molecule has 122 valence electrons. The van der Waals surface area contributed by atoms with Gasteiger partial charge in [-0.05, 0) is 25.0 Å². The maximum atomic E-state index is 12.4. The van der Waals surface area contributed by atoms with Gasteiger partial charge in [-0.3, -0.25) is 4.79 Å². The molecule has 1 saturated heterocycles. The van der Waals surface area contributed by atoms with Gasteiger partial charge in [0.05, 0.1) is 7.11 Å². The highest BCUT2D eigenvalue weighted by molar-refractivity contribution is 7.99. The van der Waals surface area contributed by atoms with Crippen molar-refractivity contribution in [3.8, 4) is 5.75 Å². The molecular weight excluding hydrogens is 296 g/mol. The van der Waals surface area contributed by atoms with Crippen LogP contribution in [0.15, 0.2) is 24.3 Å². The minimum atomic E-state index is 0.153. The molecular formula is C17H26N2O2S. The van der Waals surface area contributed by atoms with Gasteiger partial charge in [-0.15, -0.1) is 0 Å². The molecule has 5 heteroatoms. The van der Waals surface area contributed by atoms with Gasteiger partial charge in [0.1, 0.15) is 5.75 Å².